The molecule has 3 nitrogen and oxygen atoms in total. The lowest BCUT2D eigenvalue weighted by Gasteiger charge is -2.21. The zero-order chi connectivity index (χ0) is 12.8. The van der Waals surface area contributed by atoms with Gasteiger partial charge in [0, 0.05) is 6.20 Å². The normalized spacial score (nSPS) is 19.0. The molecule has 0 aliphatic heterocycles. The van der Waals surface area contributed by atoms with Gasteiger partial charge >= 0.3 is 0 Å². The van der Waals surface area contributed by atoms with Crippen molar-refractivity contribution in [3.63, 3.8) is 0 Å². The number of rotatable bonds is 6. The first-order valence-electron chi connectivity index (χ1n) is 7.57. The fraction of sp³-hybridized carbons (Fsp3) is 0.800. The number of nitrogens with two attached hydrogens (primary N) is 1. The van der Waals surface area contributed by atoms with E-state index in [4.69, 9.17) is 10.8 Å². The smallest absolute Gasteiger partial charge is 0.0627 e. The molecule has 1 fully saturated rings. The summed E-state index contributed by atoms with van der Waals surface area (Å²) in [6.45, 7) is 3.01. The van der Waals surface area contributed by atoms with Crippen molar-refractivity contribution in [3.05, 3.63) is 18.0 Å². The standard InChI is InChI=1S/C15H27N3/c1-2-6-13(12-16)11-14-9-10-18(17-14)15-7-4-3-5-8-15/h9-10,13,15H,2-8,11-12,16H2,1H3. The van der Waals surface area contributed by atoms with E-state index in [1.807, 2.05) is 0 Å². The molecule has 0 spiro atoms. The van der Waals surface area contributed by atoms with Crippen LogP contribution in [0.15, 0.2) is 12.3 Å². The molecule has 2 rings (SSSR count). The highest BCUT2D eigenvalue weighted by atomic mass is 15.3. The van der Waals surface area contributed by atoms with Gasteiger partial charge in [-0.2, -0.15) is 5.10 Å². The Kier molecular flexibility index (Phi) is 5.24. The highest BCUT2D eigenvalue weighted by Gasteiger charge is 2.16. The van der Waals surface area contributed by atoms with Gasteiger partial charge in [-0.15, -0.1) is 0 Å². The Morgan fingerprint density at radius 3 is 2.83 bits per heavy atom. The molecule has 1 aliphatic rings. The van der Waals surface area contributed by atoms with E-state index in [0.29, 0.717) is 12.0 Å². The van der Waals surface area contributed by atoms with E-state index in [1.54, 1.807) is 0 Å². The topological polar surface area (TPSA) is 43.8 Å². The minimum Gasteiger partial charge on any atom is -0.330 e. The van der Waals surface area contributed by atoms with Crippen LogP contribution >= 0.6 is 0 Å². The summed E-state index contributed by atoms with van der Waals surface area (Å²) in [6, 6.07) is 2.84. The maximum Gasteiger partial charge on any atom is 0.0627 e. The minimum absolute atomic E-state index is 0.602. The molecule has 1 unspecified atom stereocenters. The molecule has 0 amide bonds. The van der Waals surface area contributed by atoms with Gasteiger partial charge in [-0.3, -0.25) is 4.68 Å². The zero-order valence-electron chi connectivity index (χ0n) is 11.6. The molecule has 1 saturated carbocycles. The van der Waals surface area contributed by atoms with Gasteiger partial charge in [0.15, 0.2) is 0 Å². The lowest BCUT2D eigenvalue weighted by molar-refractivity contribution is 0.327. The number of aromatic nitrogens is 2. The van der Waals surface area contributed by atoms with Crippen LogP contribution in [0.5, 0.6) is 0 Å². The Balaban J connectivity index is 1.92. The minimum atomic E-state index is 0.602. The highest BCUT2D eigenvalue weighted by Crippen LogP contribution is 2.27. The van der Waals surface area contributed by atoms with Crippen LogP contribution in [0.4, 0.5) is 0 Å². The lowest BCUT2D eigenvalue weighted by atomic mass is 9.96. The summed E-state index contributed by atoms with van der Waals surface area (Å²) in [5.74, 6) is 0.602. The summed E-state index contributed by atoms with van der Waals surface area (Å²) in [7, 11) is 0. The van der Waals surface area contributed by atoms with Crippen molar-refractivity contribution in [1.82, 2.24) is 9.78 Å². The molecule has 2 N–H and O–H groups in total. The Labute approximate surface area is 111 Å². The van der Waals surface area contributed by atoms with Crippen molar-refractivity contribution in [1.29, 1.82) is 0 Å². The number of hydrogen-bond acceptors (Lipinski definition) is 2. The zero-order valence-corrected chi connectivity index (χ0v) is 11.6. The lowest BCUT2D eigenvalue weighted by Crippen LogP contribution is -2.18. The van der Waals surface area contributed by atoms with Gasteiger partial charge in [0.1, 0.15) is 0 Å². The molecule has 3 heteroatoms. The van der Waals surface area contributed by atoms with E-state index in [1.165, 1.54) is 50.6 Å². The summed E-state index contributed by atoms with van der Waals surface area (Å²) in [5, 5.41) is 4.77. The second kappa shape index (κ2) is 6.93. The average molecular weight is 249 g/mol. The molecule has 1 aromatic rings. The van der Waals surface area contributed by atoms with Gasteiger partial charge in [-0.05, 0) is 44.2 Å². The molecule has 102 valence electrons. The second-order valence-corrected chi connectivity index (χ2v) is 5.67. The van der Waals surface area contributed by atoms with Gasteiger partial charge in [0.05, 0.1) is 11.7 Å². The summed E-state index contributed by atoms with van der Waals surface area (Å²) >= 11 is 0. The summed E-state index contributed by atoms with van der Waals surface area (Å²) in [4.78, 5) is 0. The fourth-order valence-corrected chi connectivity index (χ4v) is 3.04. The van der Waals surface area contributed by atoms with Crippen molar-refractivity contribution in [2.45, 2.75) is 64.3 Å². The first kappa shape index (κ1) is 13.6. The fourth-order valence-electron chi connectivity index (χ4n) is 3.04. The van der Waals surface area contributed by atoms with Gasteiger partial charge in [0.25, 0.3) is 0 Å². The van der Waals surface area contributed by atoms with Crippen molar-refractivity contribution in [2.75, 3.05) is 6.54 Å². The largest absolute Gasteiger partial charge is 0.330 e. The van der Waals surface area contributed by atoms with Crippen LogP contribution in [0.25, 0.3) is 0 Å². The first-order chi connectivity index (χ1) is 8.83. The maximum absolute atomic E-state index is 5.82. The summed E-state index contributed by atoms with van der Waals surface area (Å²) in [5.41, 5.74) is 7.05. The molecule has 0 saturated heterocycles. The number of hydrogen-bond donors (Lipinski definition) is 1. The highest BCUT2D eigenvalue weighted by molar-refractivity contribution is 5.01. The van der Waals surface area contributed by atoms with E-state index in [9.17, 15) is 0 Å². The van der Waals surface area contributed by atoms with Gasteiger partial charge < -0.3 is 5.73 Å². The second-order valence-electron chi connectivity index (χ2n) is 5.67. The van der Waals surface area contributed by atoms with E-state index in [-0.39, 0.29) is 0 Å². The quantitative estimate of drug-likeness (QED) is 0.840. The van der Waals surface area contributed by atoms with Crippen molar-refractivity contribution in [3.8, 4) is 0 Å². The molecule has 0 aromatic carbocycles. The average Bonchev–Trinajstić information content (AvgIpc) is 2.88. The Morgan fingerprint density at radius 1 is 1.39 bits per heavy atom. The van der Waals surface area contributed by atoms with E-state index >= 15 is 0 Å². The van der Waals surface area contributed by atoms with Crippen LogP contribution in [0.1, 0.15) is 63.6 Å². The predicted molar refractivity (Wildman–Crippen MR) is 75.5 cm³/mol. The molecule has 1 aromatic heterocycles. The van der Waals surface area contributed by atoms with Crippen LogP contribution in [0.2, 0.25) is 0 Å². The SMILES string of the molecule is CCCC(CN)Cc1ccn(C2CCCCC2)n1. The van der Waals surface area contributed by atoms with Crippen molar-refractivity contribution < 1.29 is 0 Å². The third-order valence-electron chi connectivity index (χ3n) is 4.14. The van der Waals surface area contributed by atoms with Crippen LogP contribution in [-0.4, -0.2) is 16.3 Å². The molecule has 0 radical (unpaired) electrons. The maximum atomic E-state index is 5.82. The van der Waals surface area contributed by atoms with Gasteiger partial charge in [-0.25, -0.2) is 0 Å². The third kappa shape index (κ3) is 3.58. The third-order valence-corrected chi connectivity index (χ3v) is 4.14. The predicted octanol–water partition coefficient (Wildman–Crippen LogP) is 3.31. The Morgan fingerprint density at radius 2 is 2.17 bits per heavy atom. The summed E-state index contributed by atoms with van der Waals surface area (Å²) in [6.07, 6.45) is 12.4. The summed E-state index contributed by atoms with van der Waals surface area (Å²) < 4.78 is 2.20. The molecule has 1 heterocycles. The van der Waals surface area contributed by atoms with Crippen molar-refractivity contribution >= 4 is 0 Å². The number of nitrogens with zero attached hydrogens (tertiary/aromatic N) is 2. The molecule has 0 bridgehead atoms. The van der Waals surface area contributed by atoms with Crippen LogP contribution < -0.4 is 5.73 Å². The van der Waals surface area contributed by atoms with Gasteiger partial charge in [-0.1, -0.05) is 32.6 Å². The Bertz CT molecular complexity index is 339. The molecule has 1 aliphatic carbocycles. The molecular formula is C15H27N3. The first-order valence-corrected chi connectivity index (χ1v) is 7.57. The van der Waals surface area contributed by atoms with E-state index < -0.39 is 0 Å². The molecule has 18 heavy (non-hydrogen) atoms. The van der Waals surface area contributed by atoms with Gasteiger partial charge in [0.2, 0.25) is 0 Å². The molecular weight excluding hydrogens is 222 g/mol. The van der Waals surface area contributed by atoms with Crippen molar-refractivity contribution in [2.24, 2.45) is 11.7 Å². The Hall–Kier alpha value is -0.830. The van der Waals surface area contributed by atoms with Crippen LogP contribution in [0.3, 0.4) is 0 Å². The monoisotopic (exact) mass is 249 g/mol. The van der Waals surface area contributed by atoms with Crippen LogP contribution in [0, 0.1) is 5.92 Å². The van der Waals surface area contributed by atoms with E-state index in [0.717, 1.165) is 13.0 Å². The molecule has 1 atom stereocenters. The van der Waals surface area contributed by atoms with Crippen LogP contribution in [-0.2, 0) is 6.42 Å². The van der Waals surface area contributed by atoms with E-state index in [2.05, 4.69) is 23.9 Å².